The van der Waals surface area contributed by atoms with E-state index in [9.17, 15) is 14.7 Å². The molecule has 2 unspecified atom stereocenters. The molecule has 1 rings (SSSR count). The van der Waals surface area contributed by atoms with Gasteiger partial charge in [-0.2, -0.15) is 0 Å². The van der Waals surface area contributed by atoms with Gasteiger partial charge in [0.05, 0.1) is 6.04 Å². The van der Waals surface area contributed by atoms with Gasteiger partial charge in [0.1, 0.15) is 6.04 Å². The molecule has 1 aromatic rings. The van der Waals surface area contributed by atoms with E-state index in [-0.39, 0.29) is 11.9 Å². The van der Waals surface area contributed by atoms with Gasteiger partial charge in [-0.05, 0) is 26.3 Å². The van der Waals surface area contributed by atoms with Crippen molar-refractivity contribution in [1.29, 1.82) is 0 Å². The lowest BCUT2D eigenvalue weighted by Crippen LogP contribution is -2.47. The molecule has 19 heavy (non-hydrogen) atoms. The number of carboxylic acid groups (broad SMARTS) is 1. The molecule has 104 valence electrons. The Hall–Kier alpha value is -1.88. The summed E-state index contributed by atoms with van der Waals surface area (Å²) in [6.07, 6.45) is 0. The van der Waals surface area contributed by atoms with Gasteiger partial charge in [0.15, 0.2) is 0 Å². The largest absolute Gasteiger partial charge is 0.480 e. The number of carbonyl (C=O) groups is 2. The number of carboxylic acids is 1. The van der Waals surface area contributed by atoms with Gasteiger partial charge in [-0.25, -0.2) is 0 Å². The lowest BCUT2D eigenvalue weighted by atomic mass is 10.1. The van der Waals surface area contributed by atoms with Crippen molar-refractivity contribution >= 4 is 11.9 Å². The molecule has 1 amide bonds. The topological polar surface area (TPSA) is 78.4 Å². The first-order valence-electron chi connectivity index (χ1n) is 6.26. The molecule has 0 fully saturated rings. The molecule has 0 aromatic heterocycles. The molecule has 5 heteroatoms. The molecule has 3 N–H and O–H groups in total. The van der Waals surface area contributed by atoms with E-state index in [1.165, 1.54) is 0 Å². The Kier molecular flexibility index (Phi) is 5.51. The van der Waals surface area contributed by atoms with Gasteiger partial charge >= 0.3 is 5.97 Å². The smallest absolute Gasteiger partial charge is 0.325 e. The summed E-state index contributed by atoms with van der Waals surface area (Å²) in [5, 5.41) is 14.8. The van der Waals surface area contributed by atoms with Crippen molar-refractivity contribution < 1.29 is 14.7 Å². The molecule has 0 aliphatic carbocycles. The Labute approximate surface area is 113 Å². The SMILES string of the molecule is CC(C)NC(=O)C(C)NC(C(=O)O)c1ccccc1. The number of benzene rings is 1. The van der Waals surface area contributed by atoms with E-state index in [4.69, 9.17) is 0 Å². The molecular weight excluding hydrogens is 244 g/mol. The third-order valence-corrected chi connectivity index (χ3v) is 2.62. The number of hydrogen-bond acceptors (Lipinski definition) is 3. The molecule has 5 nitrogen and oxygen atoms in total. The molecule has 0 aliphatic heterocycles. The first-order chi connectivity index (χ1) is 8.91. The van der Waals surface area contributed by atoms with Crippen molar-refractivity contribution in [1.82, 2.24) is 10.6 Å². The van der Waals surface area contributed by atoms with Crippen molar-refractivity contribution in [3.8, 4) is 0 Å². The highest BCUT2D eigenvalue weighted by atomic mass is 16.4. The second-order valence-electron chi connectivity index (χ2n) is 4.73. The van der Waals surface area contributed by atoms with Crippen molar-refractivity contribution in [3.63, 3.8) is 0 Å². The van der Waals surface area contributed by atoms with Crippen LogP contribution in [-0.4, -0.2) is 29.1 Å². The standard InChI is InChI=1S/C14H20N2O3/c1-9(2)15-13(17)10(3)16-12(14(18)19)11-7-5-4-6-8-11/h4-10,12,16H,1-3H3,(H,15,17)(H,18,19). The maximum atomic E-state index is 11.8. The predicted octanol–water partition coefficient (Wildman–Crippen LogP) is 1.31. The van der Waals surface area contributed by atoms with E-state index in [0.29, 0.717) is 5.56 Å². The van der Waals surface area contributed by atoms with E-state index in [1.807, 2.05) is 19.9 Å². The molecule has 2 atom stereocenters. The van der Waals surface area contributed by atoms with Crippen LogP contribution in [0.25, 0.3) is 0 Å². The summed E-state index contributed by atoms with van der Waals surface area (Å²) < 4.78 is 0. The Balaban J connectivity index is 2.75. The minimum Gasteiger partial charge on any atom is -0.480 e. The zero-order valence-electron chi connectivity index (χ0n) is 11.4. The van der Waals surface area contributed by atoms with Gasteiger partial charge in [0.25, 0.3) is 0 Å². The van der Waals surface area contributed by atoms with Gasteiger partial charge in [-0.3, -0.25) is 14.9 Å². The average molecular weight is 264 g/mol. The van der Waals surface area contributed by atoms with E-state index in [1.54, 1.807) is 31.2 Å². The minimum atomic E-state index is -1.00. The van der Waals surface area contributed by atoms with Crippen molar-refractivity contribution in [3.05, 3.63) is 35.9 Å². The van der Waals surface area contributed by atoms with Gasteiger partial charge in [0.2, 0.25) is 5.91 Å². The Morgan fingerprint density at radius 1 is 1.11 bits per heavy atom. The maximum Gasteiger partial charge on any atom is 0.325 e. The zero-order valence-corrected chi connectivity index (χ0v) is 11.4. The first-order valence-corrected chi connectivity index (χ1v) is 6.26. The van der Waals surface area contributed by atoms with Crippen LogP contribution in [0.4, 0.5) is 0 Å². The molecule has 0 spiro atoms. The van der Waals surface area contributed by atoms with Crippen molar-refractivity contribution in [2.24, 2.45) is 0 Å². The van der Waals surface area contributed by atoms with E-state index in [2.05, 4.69) is 10.6 Å². The fourth-order valence-corrected chi connectivity index (χ4v) is 1.69. The monoisotopic (exact) mass is 264 g/mol. The van der Waals surface area contributed by atoms with E-state index < -0.39 is 18.1 Å². The number of nitrogens with one attached hydrogen (secondary N) is 2. The lowest BCUT2D eigenvalue weighted by Gasteiger charge is -2.21. The average Bonchev–Trinajstić information content (AvgIpc) is 2.35. The Morgan fingerprint density at radius 2 is 1.68 bits per heavy atom. The van der Waals surface area contributed by atoms with Crippen LogP contribution < -0.4 is 10.6 Å². The number of carbonyl (C=O) groups excluding carboxylic acids is 1. The van der Waals surface area contributed by atoms with Gasteiger partial charge in [-0.1, -0.05) is 30.3 Å². The van der Waals surface area contributed by atoms with Gasteiger partial charge in [0, 0.05) is 6.04 Å². The second-order valence-corrected chi connectivity index (χ2v) is 4.73. The summed E-state index contributed by atoms with van der Waals surface area (Å²) in [4.78, 5) is 23.1. The van der Waals surface area contributed by atoms with Crippen LogP contribution in [0.3, 0.4) is 0 Å². The normalized spacial score (nSPS) is 13.9. The van der Waals surface area contributed by atoms with Crippen LogP contribution in [0, 0.1) is 0 Å². The summed E-state index contributed by atoms with van der Waals surface area (Å²) in [6, 6.07) is 7.35. The zero-order chi connectivity index (χ0) is 14.4. The highest BCUT2D eigenvalue weighted by Crippen LogP contribution is 2.13. The number of aliphatic carboxylic acids is 1. The quantitative estimate of drug-likeness (QED) is 0.724. The van der Waals surface area contributed by atoms with Gasteiger partial charge < -0.3 is 10.4 Å². The molecule has 0 heterocycles. The van der Waals surface area contributed by atoms with Crippen molar-refractivity contribution in [2.75, 3.05) is 0 Å². The molecule has 1 aromatic carbocycles. The Bertz CT molecular complexity index is 432. The van der Waals surface area contributed by atoms with Crippen molar-refractivity contribution in [2.45, 2.75) is 38.9 Å². The lowest BCUT2D eigenvalue weighted by molar-refractivity contribution is -0.140. The van der Waals surface area contributed by atoms with Crippen LogP contribution in [0.15, 0.2) is 30.3 Å². The van der Waals surface area contributed by atoms with Crippen LogP contribution in [0.2, 0.25) is 0 Å². The fourth-order valence-electron chi connectivity index (χ4n) is 1.69. The number of hydrogen-bond donors (Lipinski definition) is 3. The van der Waals surface area contributed by atoms with Crippen LogP contribution >= 0.6 is 0 Å². The summed E-state index contributed by atoms with van der Waals surface area (Å²) in [6.45, 7) is 5.36. The van der Waals surface area contributed by atoms with Crippen LogP contribution in [0.5, 0.6) is 0 Å². The minimum absolute atomic E-state index is 0.0248. The first kappa shape index (κ1) is 15.2. The molecule has 0 radical (unpaired) electrons. The summed E-state index contributed by atoms with van der Waals surface area (Å²) in [5.74, 6) is -1.22. The highest BCUT2D eigenvalue weighted by molar-refractivity contribution is 5.83. The van der Waals surface area contributed by atoms with Gasteiger partial charge in [-0.15, -0.1) is 0 Å². The second kappa shape index (κ2) is 6.89. The summed E-state index contributed by atoms with van der Waals surface area (Å²) in [5.41, 5.74) is 0.624. The van der Waals surface area contributed by atoms with Crippen LogP contribution in [-0.2, 0) is 9.59 Å². The third kappa shape index (κ3) is 4.71. The maximum absolute atomic E-state index is 11.8. The molecular formula is C14H20N2O3. The summed E-state index contributed by atoms with van der Waals surface area (Å²) >= 11 is 0. The molecule has 0 saturated heterocycles. The summed E-state index contributed by atoms with van der Waals surface area (Å²) in [7, 11) is 0. The fraction of sp³-hybridized carbons (Fsp3) is 0.429. The molecule has 0 bridgehead atoms. The van der Waals surface area contributed by atoms with E-state index in [0.717, 1.165) is 0 Å². The van der Waals surface area contributed by atoms with Crippen LogP contribution in [0.1, 0.15) is 32.4 Å². The molecule has 0 saturated carbocycles. The highest BCUT2D eigenvalue weighted by Gasteiger charge is 2.24. The Morgan fingerprint density at radius 3 is 2.16 bits per heavy atom. The molecule has 0 aliphatic rings. The predicted molar refractivity (Wildman–Crippen MR) is 72.7 cm³/mol. The number of rotatable bonds is 6. The third-order valence-electron chi connectivity index (χ3n) is 2.62. The number of amides is 1. The van der Waals surface area contributed by atoms with E-state index >= 15 is 0 Å².